The average Bonchev–Trinajstić information content (AvgIpc) is 3.42. The molecule has 1 aliphatic heterocycles. The quantitative estimate of drug-likeness (QED) is 0.423. The molecule has 2 heterocycles. The minimum Gasteiger partial charge on any atom is -0.497 e. The number of para-hydroxylation sites is 1. The zero-order valence-electron chi connectivity index (χ0n) is 19.5. The molecule has 0 spiro atoms. The largest absolute Gasteiger partial charge is 0.497 e. The summed E-state index contributed by atoms with van der Waals surface area (Å²) < 4.78 is 5.29. The highest BCUT2D eigenvalue weighted by atomic mass is 16.5. The zero-order valence-corrected chi connectivity index (χ0v) is 19.5. The van der Waals surface area contributed by atoms with Crippen LogP contribution in [0.3, 0.4) is 0 Å². The van der Waals surface area contributed by atoms with E-state index in [0.717, 1.165) is 79.0 Å². The summed E-state index contributed by atoms with van der Waals surface area (Å²) in [5.41, 5.74) is 4.07. The normalized spacial score (nSPS) is 22.0. The summed E-state index contributed by atoms with van der Waals surface area (Å²) in [5, 5.41) is 16.6. The van der Waals surface area contributed by atoms with Crippen molar-refractivity contribution < 1.29 is 14.6 Å². The fraction of sp³-hybridized carbons (Fsp3) is 0.407. The molecule has 1 aliphatic carbocycles. The van der Waals surface area contributed by atoms with Crippen molar-refractivity contribution in [2.75, 3.05) is 38.6 Å². The number of nitrogens with one attached hydrogen (secondary N) is 2. The van der Waals surface area contributed by atoms with E-state index in [1.54, 1.807) is 7.11 Å². The number of benzene rings is 2. The Bertz CT molecular complexity index is 1150. The minimum absolute atomic E-state index is 0.116. The van der Waals surface area contributed by atoms with Crippen LogP contribution in [0.2, 0.25) is 0 Å². The lowest BCUT2D eigenvalue weighted by molar-refractivity contribution is 0.185. The molecule has 178 valence electrons. The van der Waals surface area contributed by atoms with Crippen LogP contribution in [-0.2, 0) is 0 Å². The molecule has 3 aromatic rings. The van der Waals surface area contributed by atoms with Gasteiger partial charge in [0, 0.05) is 42.3 Å². The molecule has 1 saturated heterocycles. The molecule has 0 bridgehead atoms. The molecule has 2 aliphatic rings. The van der Waals surface area contributed by atoms with Crippen molar-refractivity contribution in [1.29, 1.82) is 0 Å². The van der Waals surface area contributed by atoms with E-state index < -0.39 is 6.09 Å². The summed E-state index contributed by atoms with van der Waals surface area (Å²) >= 11 is 0. The van der Waals surface area contributed by atoms with Crippen LogP contribution in [-0.4, -0.2) is 60.4 Å². The lowest BCUT2D eigenvalue weighted by Gasteiger charge is -2.20. The Morgan fingerprint density at radius 2 is 1.97 bits per heavy atom. The second-order valence-corrected chi connectivity index (χ2v) is 9.40. The van der Waals surface area contributed by atoms with Crippen LogP contribution in [0, 0.1) is 11.8 Å². The molecule has 3 atom stereocenters. The second-order valence-electron chi connectivity index (χ2n) is 9.40. The van der Waals surface area contributed by atoms with Crippen molar-refractivity contribution in [3.05, 3.63) is 54.6 Å². The van der Waals surface area contributed by atoms with Gasteiger partial charge in [-0.25, -0.2) is 9.78 Å². The van der Waals surface area contributed by atoms with Crippen molar-refractivity contribution in [3.63, 3.8) is 0 Å². The highest BCUT2D eigenvalue weighted by Gasteiger charge is 2.42. The zero-order chi connectivity index (χ0) is 23.5. The Morgan fingerprint density at radius 1 is 1.15 bits per heavy atom. The van der Waals surface area contributed by atoms with Crippen LogP contribution in [0.25, 0.3) is 22.2 Å². The number of anilines is 1. The van der Waals surface area contributed by atoms with E-state index in [2.05, 4.69) is 33.7 Å². The van der Waals surface area contributed by atoms with Gasteiger partial charge < -0.3 is 25.4 Å². The number of methoxy groups -OCH3 is 1. The number of rotatable bonds is 8. The number of aromatic nitrogens is 1. The molecule has 1 amide bonds. The van der Waals surface area contributed by atoms with Gasteiger partial charge in [0.15, 0.2) is 0 Å². The van der Waals surface area contributed by atoms with Crippen LogP contribution >= 0.6 is 0 Å². The summed E-state index contributed by atoms with van der Waals surface area (Å²) in [5.74, 6) is 1.92. The average molecular weight is 461 g/mol. The molecule has 3 N–H and O–H groups in total. The molecule has 3 unspecified atom stereocenters. The third kappa shape index (κ3) is 4.80. The number of fused-ring (bicyclic) bond motifs is 2. The number of hydrogen-bond acceptors (Lipinski definition) is 5. The first kappa shape index (κ1) is 22.5. The monoisotopic (exact) mass is 460 g/mol. The minimum atomic E-state index is -0.896. The Balaban J connectivity index is 1.22. The number of carbonyl (C=O) groups is 1. The molecule has 34 heavy (non-hydrogen) atoms. The molecule has 2 aromatic carbocycles. The Morgan fingerprint density at radius 3 is 2.76 bits per heavy atom. The van der Waals surface area contributed by atoms with Crippen molar-refractivity contribution >= 4 is 22.7 Å². The number of pyridine rings is 1. The molecule has 0 radical (unpaired) electrons. The highest BCUT2D eigenvalue weighted by Crippen LogP contribution is 2.38. The standard InChI is InChI=1S/C27H32N4O3/c1-34-20-10-7-18(8-11-20)25-15-26(21-5-2-3-6-23(21)29-25)28-13-4-14-31-16-19-9-12-24(22(19)17-31)30-27(32)33/h2-3,5-8,10-11,15,19,22,24,30H,4,9,12-14,16-17H2,1H3,(H,28,29)(H,32,33). The SMILES string of the molecule is COc1ccc(-c2cc(NCCCN3CC4CCC(NC(=O)O)C4C3)c3ccccc3n2)cc1. The number of nitrogens with zero attached hydrogens (tertiary/aromatic N) is 2. The van der Waals surface area contributed by atoms with Crippen LogP contribution in [0.4, 0.5) is 10.5 Å². The van der Waals surface area contributed by atoms with Crippen LogP contribution < -0.4 is 15.4 Å². The third-order valence-electron chi connectivity index (χ3n) is 7.31. The van der Waals surface area contributed by atoms with Gasteiger partial charge in [-0.1, -0.05) is 18.2 Å². The topological polar surface area (TPSA) is 86.7 Å². The predicted octanol–water partition coefficient (Wildman–Crippen LogP) is 4.69. The lowest BCUT2D eigenvalue weighted by Crippen LogP contribution is -2.39. The van der Waals surface area contributed by atoms with Crippen molar-refractivity contribution in [3.8, 4) is 17.0 Å². The van der Waals surface area contributed by atoms with Crippen LogP contribution in [0.1, 0.15) is 19.3 Å². The van der Waals surface area contributed by atoms with Crippen molar-refractivity contribution in [2.45, 2.75) is 25.3 Å². The van der Waals surface area contributed by atoms with Gasteiger partial charge in [-0.2, -0.15) is 0 Å². The summed E-state index contributed by atoms with van der Waals surface area (Å²) in [6.45, 7) is 3.98. The van der Waals surface area contributed by atoms with E-state index in [1.807, 2.05) is 36.4 Å². The molecular formula is C27H32N4O3. The smallest absolute Gasteiger partial charge is 0.404 e. The molecule has 1 saturated carbocycles. The summed E-state index contributed by atoms with van der Waals surface area (Å²) in [7, 11) is 1.67. The van der Waals surface area contributed by atoms with Crippen molar-refractivity contribution in [2.24, 2.45) is 11.8 Å². The van der Waals surface area contributed by atoms with E-state index in [-0.39, 0.29) is 6.04 Å². The van der Waals surface area contributed by atoms with Crippen molar-refractivity contribution in [1.82, 2.24) is 15.2 Å². The van der Waals surface area contributed by atoms with Gasteiger partial charge in [-0.05, 0) is 74.0 Å². The first-order valence-electron chi connectivity index (χ1n) is 12.1. The highest BCUT2D eigenvalue weighted by molar-refractivity contribution is 5.93. The van der Waals surface area contributed by atoms with E-state index >= 15 is 0 Å². The van der Waals surface area contributed by atoms with Gasteiger partial charge in [0.25, 0.3) is 0 Å². The fourth-order valence-electron chi connectivity index (χ4n) is 5.64. The van der Waals surface area contributed by atoms with E-state index in [0.29, 0.717) is 11.8 Å². The van der Waals surface area contributed by atoms with Gasteiger partial charge in [0.1, 0.15) is 5.75 Å². The molecule has 7 heteroatoms. The maximum atomic E-state index is 11.1. The summed E-state index contributed by atoms with van der Waals surface area (Å²) in [6, 6.07) is 18.5. The van der Waals surface area contributed by atoms with E-state index in [4.69, 9.17) is 14.8 Å². The predicted molar refractivity (Wildman–Crippen MR) is 134 cm³/mol. The van der Waals surface area contributed by atoms with E-state index in [1.165, 1.54) is 0 Å². The van der Waals surface area contributed by atoms with Gasteiger partial charge >= 0.3 is 6.09 Å². The summed E-state index contributed by atoms with van der Waals surface area (Å²) in [4.78, 5) is 18.4. The number of carboxylic acid groups (broad SMARTS) is 1. The first-order chi connectivity index (χ1) is 16.6. The Labute approximate surface area is 200 Å². The second kappa shape index (κ2) is 9.89. The number of likely N-dealkylation sites (tertiary alicyclic amines) is 1. The molecular weight excluding hydrogens is 428 g/mol. The maximum absolute atomic E-state index is 11.1. The Hall–Kier alpha value is -3.32. The summed E-state index contributed by atoms with van der Waals surface area (Å²) in [6.07, 6.45) is 2.24. The number of hydrogen-bond donors (Lipinski definition) is 3. The fourth-order valence-corrected chi connectivity index (χ4v) is 5.64. The molecule has 5 rings (SSSR count). The van der Waals surface area contributed by atoms with Crippen LogP contribution in [0.5, 0.6) is 5.75 Å². The number of ether oxygens (including phenoxy) is 1. The van der Waals surface area contributed by atoms with Gasteiger partial charge in [-0.3, -0.25) is 0 Å². The lowest BCUT2D eigenvalue weighted by atomic mass is 9.98. The number of amides is 1. The Kier molecular flexibility index (Phi) is 6.54. The third-order valence-corrected chi connectivity index (χ3v) is 7.31. The first-order valence-corrected chi connectivity index (χ1v) is 12.1. The molecule has 2 fully saturated rings. The maximum Gasteiger partial charge on any atom is 0.404 e. The van der Waals surface area contributed by atoms with Gasteiger partial charge in [0.2, 0.25) is 0 Å². The van der Waals surface area contributed by atoms with Gasteiger partial charge in [0.05, 0.1) is 18.3 Å². The molecule has 1 aromatic heterocycles. The van der Waals surface area contributed by atoms with Crippen LogP contribution in [0.15, 0.2) is 54.6 Å². The van der Waals surface area contributed by atoms with Gasteiger partial charge in [-0.15, -0.1) is 0 Å². The molecule has 7 nitrogen and oxygen atoms in total. The van der Waals surface area contributed by atoms with E-state index in [9.17, 15) is 4.79 Å².